The summed E-state index contributed by atoms with van der Waals surface area (Å²) in [5, 5.41) is 13.0. The zero-order valence-corrected chi connectivity index (χ0v) is 17.9. The number of rotatable bonds is 5. The molecule has 4 rings (SSSR count). The van der Waals surface area contributed by atoms with Gasteiger partial charge in [-0.05, 0) is 61.4 Å². The lowest BCUT2D eigenvalue weighted by Crippen LogP contribution is -2.20. The van der Waals surface area contributed by atoms with Crippen LogP contribution in [0.5, 0.6) is 0 Å². The Hall–Kier alpha value is -3.31. The van der Waals surface area contributed by atoms with Crippen LogP contribution in [0.3, 0.4) is 0 Å². The molecule has 1 saturated heterocycles. The van der Waals surface area contributed by atoms with Gasteiger partial charge in [0, 0.05) is 35.3 Å². The summed E-state index contributed by atoms with van der Waals surface area (Å²) in [5.41, 5.74) is 4.14. The molecule has 1 atom stereocenters. The van der Waals surface area contributed by atoms with Crippen molar-refractivity contribution in [3.8, 4) is 0 Å². The van der Waals surface area contributed by atoms with E-state index < -0.39 is 5.97 Å². The smallest absolute Gasteiger partial charge is 0.337 e. The zero-order valence-electron chi connectivity index (χ0n) is 17.1. The first-order chi connectivity index (χ1) is 14.9. The number of amides is 1. The van der Waals surface area contributed by atoms with Crippen molar-refractivity contribution < 1.29 is 14.7 Å². The molecule has 1 heterocycles. The number of anilines is 2. The molecule has 31 heavy (non-hydrogen) atoms. The number of halogens is 1. The van der Waals surface area contributed by atoms with E-state index in [1.165, 1.54) is 11.1 Å². The summed E-state index contributed by atoms with van der Waals surface area (Å²) in [7, 11) is 0. The summed E-state index contributed by atoms with van der Waals surface area (Å²) in [6, 6.07) is 20.1. The number of hydrogen-bond acceptors (Lipinski definition) is 3. The summed E-state index contributed by atoms with van der Waals surface area (Å²) >= 11 is 5.87. The van der Waals surface area contributed by atoms with E-state index in [1.54, 1.807) is 36.4 Å². The minimum atomic E-state index is -1.08. The van der Waals surface area contributed by atoms with Crippen LogP contribution in [0.25, 0.3) is 0 Å². The summed E-state index contributed by atoms with van der Waals surface area (Å²) in [6.45, 7) is 3.78. The van der Waals surface area contributed by atoms with Crippen molar-refractivity contribution in [2.24, 2.45) is 0 Å². The second kappa shape index (κ2) is 8.82. The number of carbonyl (C=O) groups excluding carboxylic acids is 1. The molecule has 5 nitrogen and oxygen atoms in total. The van der Waals surface area contributed by atoms with Gasteiger partial charge < -0.3 is 15.3 Å². The van der Waals surface area contributed by atoms with Crippen molar-refractivity contribution in [1.82, 2.24) is 0 Å². The summed E-state index contributed by atoms with van der Waals surface area (Å²) < 4.78 is 0. The van der Waals surface area contributed by atoms with Gasteiger partial charge in [-0.25, -0.2) is 4.79 Å². The number of nitrogens with one attached hydrogen (secondary N) is 1. The van der Waals surface area contributed by atoms with Crippen LogP contribution in [0.2, 0.25) is 5.02 Å². The maximum absolute atomic E-state index is 12.5. The van der Waals surface area contributed by atoms with Gasteiger partial charge in [0.15, 0.2) is 0 Å². The number of carbonyl (C=O) groups is 2. The van der Waals surface area contributed by atoms with E-state index in [1.807, 2.05) is 6.07 Å². The number of carboxylic acid groups (broad SMARTS) is 1. The van der Waals surface area contributed by atoms with Crippen LogP contribution >= 0.6 is 11.6 Å². The molecule has 1 amide bonds. The quantitative estimate of drug-likeness (QED) is 0.549. The second-order valence-electron chi connectivity index (χ2n) is 7.84. The summed E-state index contributed by atoms with van der Waals surface area (Å²) in [6.07, 6.45) is 1.01. The Morgan fingerprint density at radius 3 is 2.55 bits per heavy atom. The average molecular weight is 435 g/mol. The molecule has 0 spiro atoms. The molecule has 0 radical (unpaired) electrons. The normalized spacial score (nSPS) is 15.7. The lowest BCUT2D eigenvalue weighted by molar-refractivity contribution is 0.0698. The van der Waals surface area contributed by atoms with Gasteiger partial charge in [0.25, 0.3) is 5.91 Å². The maximum atomic E-state index is 12.5. The van der Waals surface area contributed by atoms with Gasteiger partial charge in [0.1, 0.15) is 0 Å². The molecular weight excluding hydrogens is 412 g/mol. The van der Waals surface area contributed by atoms with Crippen molar-refractivity contribution in [2.75, 3.05) is 23.3 Å². The molecule has 1 aliphatic rings. The molecule has 0 saturated carbocycles. The Morgan fingerprint density at radius 2 is 1.84 bits per heavy atom. The predicted octanol–water partition coefficient (Wildman–Crippen LogP) is 5.59. The third kappa shape index (κ3) is 4.72. The largest absolute Gasteiger partial charge is 0.478 e. The Balaban J connectivity index is 1.53. The molecule has 0 aliphatic carbocycles. The van der Waals surface area contributed by atoms with Crippen LogP contribution in [-0.4, -0.2) is 30.1 Å². The summed E-state index contributed by atoms with van der Waals surface area (Å²) in [5.74, 6) is -1.05. The van der Waals surface area contributed by atoms with Crippen LogP contribution in [-0.2, 0) is 0 Å². The number of benzene rings is 3. The minimum Gasteiger partial charge on any atom is -0.478 e. The number of carboxylic acids is 1. The van der Waals surface area contributed by atoms with Crippen molar-refractivity contribution in [2.45, 2.75) is 19.3 Å². The van der Waals surface area contributed by atoms with E-state index in [0.717, 1.165) is 25.2 Å². The lowest BCUT2D eigenvalue weighted by atomic mass is 9.97. The fraction of sp³-hybridized carbons (Fsp3) is 0.200. The molecule has 2 N–H and O–H groups in total. The predicted molar refractivity (Wildman–Crippen MR) is 124 cm³/mol. The molecule has 158 valence electrons. The van der Waals surface area contributed by atoms with E-state index in [9.17, 15) is 14.7 Å². The highest BCUT2D eigenvalue weighted by Gasteiger charge is 2.25. The van der Waals surface area contributed by atoms with E-state index in [2.05, 4.69) is 41.4 Å². The molecule has 1 fully saturated rings. The Morgan fingerprint density at radius 1 is 1.06 bits per heavy atom. The molecule has 1 unspecified atom stereocenters. The zero-order chi connectivity index (χ0) is 22.0. The molecule has 0 aromatic heterocycles. The minimum absolute atomic E-state index is 0.0684. The maximum Gasteiger partial charge on any atom is 0.337 e. The standard InChI is InChI=1S/C25H23ClN2O3/c1-16-3-2-4-18(13-16)19-11-12-28(15-19)21-9-10-23(22(14-21)25(30)31)27-24(29)17-5-7-20(26)8-6-17/h2-10,13-14,19H,11-12,15H2,1H3,(H,27,29)(H,30,31). The van der Waals surface area contributed by atoms with E-state index in [-0.39, 0.29) is 17.2 Å². The summed E-state index contributed by atoms with van der Waals surface area (Å²) in [4.78, 5) is 26.6. The van der Waals surface area contributed by atoms with Crippen LogP contribution < -0.4 is 10.2 Å². The number of aryl methyl sites for hydroxylation is 1. The molecule has 1 aliphatic heterocycles. The van der Waals surface area contributed by atoms with Gasteiger partial charge >= 0.3 is 5.97 Å². The second-order valence-corrected chi connectivity index (χ2v) is 8.28. The average Bonchev–Trinajstić information content (AvgIpc) is 3.24. The van der Waals surface area contributed by atoms with Gasteiger partial charge in [0.05, 0.1) is 11.3 Å². The number of aromatic carboxylic acids is 1. The van der Waals surface area contributed by atoms with Crippen LogP contribution in [0.1, 0.15) is 44.2 Å². The van der Waals surface area contributed by atoms with E-state index in [4.69, 9.17) is 11.6 Å². The Labute approximate surface area is 186 Å². The third-order valence-electron chi connectivity index (χ3n) is 5.66. The van der Waals surface area contributed by atoms with Crippen molar-refractivity contribution in [3.05, 3.63) is 94.0 Å². The fourth-order valence-corrected chi connectivity index (χ4v) is 4.13. The SMILES string of the molecule is Cc1cccc(C2CCN(c3ccc(NC(=O)c4ccc(Cl)cc4)c(C(=O)O)c3)C2)c1. The molecular formula is C25H23ClN2O3. The highest BCUT2D eigenvalue weighted by Crippen LogP contribution is 2.33. The third-order valence-corrected chi connectivity index (χ3v) is 5.91. The highest BCUT2D eigenvalue weighted by molar-refractivity contribution is 6.30. The van der Waals surface area contributed by atoms with E-state index in [0.29, 0.717) is 16.5 Å². The topological polar surface area (TPSA) is 69.6 Å². The molecule has 3 aromatic carbocycles. The first kappa shape index (κ1) is 20.9. The van der Waals surface area contributed by atoms with E-state index >= 15 is 0 Å². The monoisotopic (exact) mass is 434 g/mol. The molecule has 3 aromatic rings. The van der Waals surface area contributed by atoms with Crippen molar-refractivity contribution in [1.29, 1.82) is 0 Å². The molecule has 6 heteroatoms. The number of nitrogens with zero attached hydrogens (tertiary/aromatic N) is 1. The number of hydrogen-bond donors (Lipinski definition) is 2. The fourth-order valence-electron chi connectivity index (χ4n) is 4.00. The van der Waals surface area contributed by atoms with Crippen molar-refractivity contribution >= 4 is 34.9 Å². The van der Waals surface area contributed by atoms with Gasteiger partial charge in [-0.1, -0.05) is 41.4 Å². The lowest BCUT2D eigenvalue weighted by Gasteiger charge is -2.20. The van der Waals surface area contributed by atoms with Gasteiger partial charge in [-0.2, -0.15) is 0 Å². The van der Waals surface area contributed by atoms with Gasteiger partial charge in [-0.15, -0.1) is 0 Å². The van der Waals surface area contributed by atoms with Crippen LogP contribution in [0.4, 0.5) is 11.4 Å². The van der Waals surface area contributed by atoms with Crippen LogP contribution in [0.15, 0.2) is 66.7 Å². The first-order valence-corrected chi connectivity index (χ1v) is 10.5. The van der Waals surface area contributed by atoms with Gasteiger partial charge in [0.2, 0.25) is 0 Å². The van der Waals surface area contributed by atoms with Crippen LogP contribution in [0, 0.1) is 6.92 Å². The highest BCUT2D eigenvalue weighted by atomic mass is 35.5. The van der Waals surface area contributed by atoms with Crippen molar-refractivity contribution in [3.63, 3.8) is 0 Å². The Kier molecular flexibility index (Phi) is 5.96. The van der Waals surface area contributed by atoms with Gasteiger partial charge in [-0.3, -0.25) is 4.79 Å². The molecule has 0 bridgehead atoms. The Bertz CT molecular complexity index is 1130. The first-order valence-electron chi connectivity index (χ1n) is 10.2.